The highest BCUT2D eigenvalue weighted by Crippen LogP contribution is 2.21. The molecule has 0 spiro atoms. The number of aliphatic hydroxyl groups excluding tert-OH is 1. The van der Waals surface area contributed by atoms with Gasteiger partial charge in [-0.15, -0.1) is 0 Å². The second-order valence-corrected chi connectivity index (χ2v) is 4.37. The molecule has 0 saturated carbocycles. The fourth-order valence-corrected chi connectivity index (χ4v) is 2.41. The van der Waals surface area contributed by atoms with Crippen LogP contribution in [0.5, 0.6) is 0 Å². The summed E-state index contributed by atoms with van der Waals surface area (Å²) in [6.45, 7) is 2.48. The van der Waals surface area contributed by atoms with Crippen LogP contribution in [0.2, 0.25) is 0 Å². The minimum Gasteiger partial charge on any atom is -0.396 e. The molecule has 0 fully saturated rings. The van der Waals surface area contributed by atoms with Crippen LogP contribution in [-0.2, 0) is 19.4 Å². The Labute approximate surface area is 91.5 Å². The second kappa shape index (κ2) is 4.77. The maximum Gasteiger partial charge on any atom is 0.0471 e. The Kier molecular flexibility index (Phi) is 3.39. The first-order valence-corrected chi connectivity index (χ1v) is 5.70. The van der Waals surface area contributed by atoms with Crippen molar-refractivity contribution in [3.63, 3.8) is 0 Å². The first-order chi connectivity index (χ1) is 7.31. The lowest BCUT2D eigenvalue weighted by Gasteiger charge is -2.14. The fraction of sp³-hybridized carbons (Fsp3) is 0.538. The summed E-state index contributed by atoms with van der Waals surface area (Å²) in [7, 11) is 2.17. The maximum atomic E-state index is 9.03. The van der Waals surface area contributed by atoms with E-state index in [-0.39, 0.29) is 6.61 Å². The highest BCUT2D eigenvalue weighted by molar-refractivity contribution is 5.36. The van der Waals surface area contributed by atoms with E-state index in [1.165, 1.54) is 29.7 Å². The van der Waals surface area contributed by atoms with Gasteiger partial charge in [0.2, 0.25) is 0 Å². The lowest BCUT2D eigenvalue weighted by atomic mass is 9.96. The maximum absolute atomic E-state index is 9.03. The molecule has 0 bridgehead atoms. The van der Waals surface area contributed by atoms with E-state index in [0.29, 0.717) is 0 Å². The molecular weight excluding hydrogens is 186 g/mol. The third-order valence-corrected chi connectivity index (χ3v) is 3.16. The molecule has 1 aromatic carbocycles. The Morgan fingerprint density at radius 2 is 2.27 bits per heavy atom. The summed E-state index contributed by atoms with van der Waals surface area (Å²) in [6, 6.07) is 6.49. The van der Waals surface area contributed by atoms with Gasteiger partial charge in [-0.1, -0.05) is 18.2 Å². The summed E-state index contributed by atoms with van der Waals surface area (Å²) in [5.41, 5.74) is 4.27. The third-order valence-electron chi connectivity index (χ3n) is 3.16. The van der Waals surface area contributed by atoms with Crippen molar-refractivity contribution in [1.29, 1.82) is 0 Å². The minimum atomic E-state index is 0.256. The van der Waals surface area contributed by atoms with Gasteiger partial charge < -0.3 is 10.0 Å². The van der Waals surface area contributed by atoms with Crippen LogP contribution in [0.4, 0.5) is 0 Å². The summed E-state index contributed by atoms with van der Waals surface area (Å²) >= 11 is 0. The van der Waals surface area contributed by atoms with Crippen LogP contribution in [0.25, 0.3) is 0 Å². The van der Waals surface area contributed by atoms with E-state index >= 15 is 0 Å². The van der Waals surface area contributed by atoms with Crippen molar-refractivity contribution in [2.45, 2.75) is 25.8 Å². The van der Waals surface area contributed by atoms with E-state index < -0.39 is 0 Å². The van der Waals surface area contributed by atoms with Crippen LogP contribution >= 0.6 is 0 Å². The summed E-state index contributed by atoms with van der Waals surface area (Å²) in [5, 5.41) is 9.03. The molecule has 2 nitrogen and oxygen atoms in total. The van der Waals surface area contributed by atoms with E-state index in [0.717, 1.165) is 19.4 Å². The molecule has 1 aliphatic heterocycles. The van der Waals surface area contributed by atoms with Gasteiger partial charge >= 0.3 is 0 Å². The predicted molar refractivity (Wildman–Crippen MR) is 61.9 cm³/mol. The molecule has 0 amide bonds. The molecule has 0 radical (unpaired) electrons. The van der Waals surface area contributed by atoms with Crippen molar-refractivity contribution in [2.24, 2.45) is 0 Å². The molecule has 1 aromatic rings. The van der Waals surface area contributed by atoms with Crippen LogP contribution in [0.3, 0.4) is 0 Å². The minimum absolute atomic E-state index is 0.256. The van der Waals surface area contributed by atoms with Crippen LogP contribution in [0.1, 0.15) is 23.1 Å². The quantitative estimate of drug-likeness (QED) is 0.792. The van der Waals surface area contributed by atoms with Crippen molar-refractivity contribution < 1.29 is 5.11 Å². The highest BCUT2D eigenvalue weighted by Gasteiger charge is 2.13. The molecule has 1 N–H and O–H groups in total. The van der Waals surface area contributed by atoms with Crippen molar-refractivity contribution in [1.82, 2.24) is 4.90 Å². The molecule has 82 valence electrons. The topological polar surface area (TPSA) is 23.5 Å². The lowest BCUT2D eigenvalue weighted by Crippen LogP contribution is -2.17. The number of aliphatic hydroxyl groups is 1. The predicted octanol–water partition coefficient (Wildman–Crippen LogP) is 1.60. The average molecular weight is 205 g/mol. The van der Waals surface area contributed by atoms with Crippen LogP contribution < -0.4 is 0 Å². The van der Waals surface area contributed by atoms with Gasteiger partial charge in [0.15, 0.2) is 0 Å². The van der Waals surface area contributed by atoms with E-state index in [9.17, 15) is 0 Å². The normalized spacial score (nSPS) is 17.2. The van der Waals surface area contributed by atoms with Gasteiger partial charge in [-0.25, -0.2) is 0 Å². The van der Waals surface area contributed by atoms with Crippen LogP contribution in [0, 0.1) is 0 Å². The monoisotopic (exact) mass is 205 g/mol. The number of benzene rings is 1. The molecule has 1 aliphatic rings. The van der Waals surface area contributed by atoms with E-state index in [1.807, 2.05) is 0 Å². The Morgan fingerprint density at radius 3 is 3.07 bits per heavy atom. The second-order valence-electron chi connectivity index (χ2n) is 4.37. The SMILES string of the molecule is CN1CCCc2c(CCO)cccc2C1. The number of rotatable bonds is 2. The molecule has 15 heavy (non-hydrogen) atoms. The summed E-state index contributed by atoms with van der Waals surface area (Å²) in [4.78, 5) is 2.37. The van der Waals surface area contributed by atoms with Gasteiger partial charge in [-0.2, -0.15) is 0 Å². The van der Waals surface area contributed by atoms with E-state index in [1.54, 1.807) is 0 Å². The van der Waals surface area contributed by atoms with E-state index in [4.69, 9.17) is 5.11 Å². The van der Waals surface area contributed by atoms with Gasteiger partial charge in [-0.3, -0.25) is 0 Å². The number of hydrogen-bond donors (Lipinski definition) is 1. The van der Waals surface area contributed by atoms with Crippen molar-refractivity contribution in [2.75, 3.05) is 20.2 Å². The largest absolute Gasteiger partial charge is 0.396 e. The molecule has 2 rings (SSSR count). The molecule has 0 atom stereocenters. The fourth-order valence-electron chi connectivity index (χ4n) is 2.41. The Morgan fingerprint density at radius 1 is 1.40 bits per heavy atom. The summed E-state index contributed by atoms with van der Waals surface area (Å²) in [5.74, 6) is 0. The van der Waals surface area contributed by atoms with Gasteiger partial charge in [0, 0.05) is 13.2 Å². The van der Waals surface area contributed by atoms with Crippen molar-refractivity contribution in [3.8, 4) is 0 Å². The Balaban J connectivity index is 2.32. The summed E-state index contributed by atoms with van der Waals surface area (Å²) < 4.78 is 0. The number of nitrogens with zero attached hydrogens (tertiary/aromatic N) is 1. The van der Waals surface area contributed by atoms with Crippen molar-refractivity contribution >= 4 is 0 Å². The Hall–Kier alpha value is -0.860. The zero-order valence-electron chi connectivity index (χ0n) is 9.37. The first kappa shape index (κ1) is 10.7. The van der Waals surface area contributed by atoms with Gasteiger partial charge in [0.05, 0.1) is 0 Å². The molecule has 0 aromatic heterocycles. The molecule has 0 unspecified atom stereocenters. The van der Waals surface area contributed by atoms with E-state index in [2.05, 4.69) is 30.1 Å². The average Bonchev–Trinajstić information content (AvgIpc) is 2.40. The smallest absolute Gasteiger partial charge is 0.0471 e. The zero-order valence-corrected chi connectivity index (χ0v) is 9.37. The molecule has 0 aliphatic carbocycles. The van der Waals surface area contributed by atoms with Crippen molar-refractivity contribution in [3.05, 3.63) is 34.9 Å². The van der Waals surface area contributed by atoms with Gasteiger partial charge in [0.1, 0.15) is 0 Å². The van der Waals surface area contributed by atoms with Crippen LogP contribution in [0.15, 0.2) is 18.2 Å². The Bertz CT molecular complexity index is 335. The van der Waals surface area contributed by atoms with Gasteiger partial charge in [0.25, 0.3) is 0 Å². The number of fused-ring (bicyclic) bond motifs is 1. The lowest BCUT2D eigenvalue weighted by molar-refractivity contribution is 0.299. The standard InChI is InChI=1S/C13H19NO/c1-14-8-3-6-13-11(7-9-15)4-2-5-12(13)10-14/h2,4-5,15H,3,6-10H2,1H3. The number of hydrogen-bond acceptors (Lipinski definition) is 2. The molecular formula is C13H19NO. The zero-order chi connectivity index (χ0) is 10.7. The first-order valence-electron chi connectivity index (χ1n) is 5.70. The van der Waals surface area contributed by atoms with Crippen LogP contribution in [-0.4, -0.2) is 30.2 Å². The molecule has 2 heteroatoms. The van der Waals surface area contributed by atoms with Gasteiger partial charge in [-0.05, 0) is 49.5 Å². The summed E-state index contributed by atoms with van der Waals surface area (Å²) in [6.07, 6.45) is 3.19. The molecule has 1 heterocycles. The highest BCUT2D eigenvalue weighted by atomic mass is 16.2. The third kappa shape index (κ3) is 2.39. The molecule has 0 saturated heterocycles.